The van der Waals surface area contributed by atoms with Crippen LogP contribution in [0.2, 0.25) is 0 Å². The highest BCUT2D eigenvalue weighted by Crippen LogP contribution is 2.24. The van der Waals surface area contributed by atoms with Gasteiger partial charge in [0.15, 0.2) is 0 Å². The topological polar surface area (TPSA) is 71.1 Å². The van der Waals surface area contributed by atoms with E-state index in [4.69, 9.17) is 14.2 Å². The zero-order chi connectivity index (χ0) is 19.5. The van der Waals surface area contributed by atoms with Crippen molar-refractivity contribution < 1.29 is 28.5 Å². The van der Waals surface area contributed by atoms with Crippen molar-refractivity contribution in [1.82, 2.24) is 0 Å². The molecule has 2 aromatic carbocycles. The molecule has 6 heteroatoms. The van der Waals surface area contributed by atoms with Crippen LogP contribution < -0.4 is 9.47 Å². The largest absolute Gasteiger partial charge is 0.462 e. The number of esters is 1. The van der Waals surface area contributed by atoms with E-state index in [0.29, 0.717) is 23.5 Å². The van der Waals surface area contributed by atoms with Crippen molar-refractivity contribution >= 4 is 12.4 Å². The zero-order valence-corrected chi connectivity index (χ0v) is 14.7. The van der Waals surface area contributed by atoms with Crippen molar-refractivity contribution in [1.29, 1.82) is 0 Å². The lowest BCUT2D eigenvalue weighted by molar-refractivity contribution is -0.133. The predicted octanol–water partition coefficient (Wildman–Crippen LogP) is 4.35. The van der Waals surface area contributed by atoms with Crippen molar-refractivity contribution in [3.05, 3.63) is 85.7 Å². The molecule has 0 fully saturated rings. The second kappa shape index (κ2) is 10.2. The molecule has 138 valence electrons. The third kappa shape index (κ3) is 6.55. The summed E-state index contributed by atoms with van der Waals surface area (Å²) >= 11 is 0. The van der Waals surface area contributed by atoms with Crippen LogP contribution in [-0.4, -0.2) is 12.4 Å². The Kier molecular flexibility index (Phi) is 7.41. The second-order valence-electron chi connectivity index (χ2n) is 5.25. The Morgan fingerprint density at radius 1 is 0.815 bits per heavy atom. The summed E-state index contributed by atoms with van der Waals surface area (Å²) in [5.41, 5.74) is 2.30. The minimum Gasteiger partial charge on any atom is -0.462 e. The first-order chi connectivity index (χ1) is 13.1. The summed E-state index contributed by atoms with van der Waals surface area (Å²) in [7, 11) is 0. The molecule has 0 unspecified atom stereocenters. The van der Waals surface area contributed by atoms with E-state index in [1.165, 1.54) is 12.5 Å². The molecule has 6 nitrogen and oxygen atoms in total. The average molecular weight is 366 g/mol. The van der Waals surface area contributed by atoms with Crippen molar-refractivity contribution in [2.24, 2.45) is 0 Å². The van der Waals surface area contributed by atoms with Gasteiger partial charge in [0.1, 0.15) is 36.5 Å². The van der Waals surface area contributed by atoms with Crippen molar-refractivity contribution in [3.63, 3.8) is 0 Å². The summed E-state index contributed by atoms with van der Waals surface area (Å²) in [5, 5.41) is 0. The van der Waals surface area contributed by atoms with Crippen LogP contribution in [0.15, 0.2) is 85.7 Å². The van der Waals surface area contributed by atoms with E-state index in [1.54, 1.807) is 31.2 Å². The van der Waals surface area contributed by atoms with Crippen LogP contribution in [0.5, 0.6) is 11.5 Å². The first-order valence-corrected chi connectivity index (χ1v) is 7.89. The molecule has 0 saturated carbocycles. The summed E-state index contributed by atoms with van der Waals surface area (Å²) < 4.78 is 19.8. The molecule has 0 radical (unpaired) electrons. The summed E-state index contributed by atoms with van der Waals surface area (Å²) in [6.07, 6.45) is 4.87. The zero-order valence-electron chi connectivity index (χ0n) is 14.7. The van der Waals surface area contributed by atoms with Crippen LogP contribution >= 0.6 is 0 Å². The van der Waals surface area contributed by atoms with E-state index in [-0.39, 0.29) is 0 Å². The van der Waals surface area contributed by atoms with Crippen molar-refractivity contribution in [2.45, 2.75) is 6.92 Å². The maximum Gasteiger partial charge on any atom is 0.338 e. The van der Waals surface area contributed by atoms with E-state index in [9.17, 15) is 9.59 Å². The van der Waals surface area contributed by atoms with E-state index in [2.05, 4.69) is 11.3 Å². The normalized spacial score (nSPS) is 10.6. The van der Waals surface area contributed by atoms with Gasteiger partial charge in [0, 0.05) is 5.57 Å². The van der Waals surface area contributed by atoms with Gasteiger partial charge in [-0.15, -0.1) is 0 Å². The number of hydrogen-bond acceptors (Lipinski definition) is 6. The molecule has 0 aliphatic heterocycles. The Morgan fingerprint density at radius 2 is 1.30 bits per heavy atom. The molecule has 0 bridgehead atoms. The van der Waals surface area contributed by atoms with Crippen LogP contribution in [0.3, 0.4) is 0 Å². The Morgan fingerprint density at radius 3 is 1.74 bits per heavy atom. The number of benzene rings is 2. The molecule has 27 heavy (non-hydrogen) atoms. The van der Waals surface area contributed by atoms with E-state index >= 15 is 0 Å². The van der Waals surface area contributed by atoms with Crippen LogP contribution in [0.1, 0.15) is 6.92 Å². The van der Waals surface area contributed by atoms with Gasteiger partial charge in [0.05, 0.1) is 0 Å². The Balaban J connectivity index is 1.90. The van der Waals surface area contributed by atoms with Gasteiger partial charge in [-0.25, -0.2) is 4.79 Å². The molecule has 0 aromatic heterocycles. The summed E-state index contributed by atoms with van der Waals surface area (Å²) in [6, 6.07) is 14.8. The summed E-state index contributed by atoms with van der Waals surface area (Å²) in [5.74, 6) is 0.699. The molecular formula is C21H18O6. The molecule has 2 aromatic rings. The summed E-state index contributed by atoms with van der Waals surface area (Å²) in [4.78, 5) is 21.2. The average Bonchev–Trinajstić information content (AvgIpc) is 2.69. The van der Waals surface area contributed by atoms with Crippen LogP contribution in [0.4, 0.5) is 0 Å². The molecule has 0 spiro atoms. The highest BCUT2D eigenvalue weighted by atomic mass is 16.5. The van der Waals surface area contributed by atoms with Crippen LogP contribution in [-0.2, 0) is 19.1 Å². The minimum atomic E-state index is -0.510. The van der Waals surface area contributed by atoms with E-state index in [1.807, 2.05) is 24.3 Å². The van der Waals surface area contributed by atoms with Gasteiger partial charge in [-0.3, -0.25) is 4.79 Å². The summed E-state index contributed by atoms with van der Waals surface area (Å²) in [6.45, 7) is 5.35. The van der Waals surface area contributed by atoms with Gasteiger partial charge in [-0.05, 0) is 42.3 Å². The fourth-order valence-electron chi connectivity index (χ4n) is 1.92. The Bertz CT molecular complexity index is 832. The predicted molar refractivity (Wildman–Crippen MR) is 99.5 cm³/mol. The third-order valence-corrected chi connectivity index (χ3v) is 3.22. The van der Waals surface area contributed by atoms with Gasteiger partial charge in [-0.2, -0.15) is 0 Å². The second-order valence-corrected chi connectivity index (χ2v) is 5.25. The first-order valence-electron chi connectivity index (χ1n) is 7.89. The fourth-order valence-corrected chi connectivity index (χ4v) is 1.92. The Hall–Kier alpha value is -3.80. The quantitative estimate of drug-likeness (QED) is 0.284. The minimum absolute atomic E-state index is 0.306. The highest BCUT2D eigenvalue weighted by molar-refractivity contribution is 5.87. The monoisotopic (exact) mass is 366 g/mol. The Labute approximate surface area is 156 Å². The molecule has 0 saturated heterocycles. The van der Waals surface area contributed by atoms with Crippen molar-refractivity contribution in [3.8, 4) is 22.6 Å². The fraction of sp³-hybridized carbons (Fsp3) is 0.0476. The van der Waals surface area contributed by atoms with Gasteiger partial charge in [0.25, 0.3) is 6.47 Å². The first kappa shape index (κ1) is 19.5. The van der Waals surface area contributed by atoms with Gasteiger partial charge >= 0.3 is 5.97 Å². The smallest absolute Gasteiger partial charge is 0.338 e. The molecule has 0 atom stereocenters. The molecule has 0 heterocycles. The van der Waals surface area contributed by atoms with Crippen molar-refractivity contribution in [2.75, 3.05) is 0 Å². The molecule has 0 amide bonds. The third-order valence-electron chi connectivity index (χ3n) is 3.22. The lowest BCUT2D eigenvalue weighted by atomic mass is 10.1. The van der Waals surface area contributed by atoms with Crippen LogP contribution in [0.25, 0.3) is 11.1 Å². The van der Waals surface area contributed by atoms with Gasteiger partial charge in [0.2, 0.25) is 0 Å². The van der Waals surface area contributed by atoms with Gasteiger partial charge in [-0.1, -0.05) is 30.8 Å². The SMILES string of the molecule is C=C(C)C(=O)O/C=C\Oc1ccc(-c2ccc(O/C=C\OC=O)cc2)cc1. The lowest BCUT2D eigenvalue weighted by Gasteiger charge is -2.05. The maximum absolute atomic E-state index is 11.2. The lowest BCUT2D eigenvalue weighted by Crippen LogP contribution is -1.99. The van der Waals surface area contributed by atoms with E-state index < -0.39 is 5.97 Å². The maximum atomic E-state index is 11.2. The number of rotatable bonds is 9. The van der Waals surface area contributed by atoms with Gasteiger partial charge < -0.3 is 18.9 Å². The number of hydrogen-bond donors (Lipinski definition) is 0. The van der Waals surface area contributed by atoms with Crippen LogP contribution in [0, 0.1) is 0 Å². The molecule has 0 aliphatic carbocycles. The standard InChI is InChI=1S/C21H18O6/c1-16(2)21(23)27-14-13-26-20-9-5-18(6-10-20)17-3-7-19(8-4-17)25-12-11-24-15-22/h3-15H,1H2,2H3/b12-11-,14-13-. The number of ether oxygens (including phenoxy) is 4. The molecular weight excluding hydrogens is 348 g/mol. The number of carbonyl (C=O) groups excluding carboxylic acids is 2. The highest BCUT2D eigenvalue weighted by Gasteiger charge is 2.01. The molecule has 0 N–H and O–H groups in total. The molecule has 0 aliphatic rings. The molecule has 2 rings (SSSR count). The van der Waals surface area contributed by atoms with E-state index in [0.717, 1.165) is 23.7 Å². The number of carbonyl (C=O) groups is 2.